The number of amides is 1. The van der Waals surface area contributed by atoms with Crippen molar-refractivity contribution in [2.45, 2.75) is 37.4 Å². The molecule has 1 atom stereocenters. The lowest BCUT2D eigenvalue weighted by Crippen LogP contribution is -2.57. The quantitative estimate of drug-likeness (QED) is 0.272. The molecule has 1 amide bonds. The van der Waals surface area contributed by atoms with Gasteiger partial charge in [-0.15, -0.1) is 0 Å². The highest BCUT2D eigenvalue weighted by atomic mass is 35.5. The van der Waals surface area contributed by atoms with Crippen LogP contribution in [0.4, 0.5) is 15.9 Å². The molecule has 0 bridgehead atoms. The van der Waals surface area contributed by atoms with Gasteiger partial charge in [-0.05, 0) is 50.9 Å². The van der Waals surface area contributed by atoms with Gasteiger partial charge in [0.2, 0.25) is 6.54 Å². The van der Waals surface area contributed by atoms with Crippen LogP contribution in [0.25, 0.3) is 15.6 Å². The first kappa shape index (κ1) is 29.1. The number of benzene rings is 2. The van der Waals surface area contributed by atoms with Crippen molar-refractivity contribution in [3.05, 3.63) is 76.5 Å². The van der Waals surface area contributed by atoms with E-state index in [1.54, 1.807) is 0 Å². The maximum atomic E-state index is 13.8. The molecule has 1 aliphatic carbocycles. The van der Waals surface area contributed by atoms with E-state index in [0.717, 1.165) is 52.9 Å². The number of halogens is 2. The van der Waals surface area contributed by atoms with Gasteiger partial charge in [-0.2, -0.15) is 9.97 Å². The number of hydrogen-bond acceptors (Lipinski definition) is 7. The molecule has 3 aliphatic rings. The highest BCUT2D eigenvalue weighted by Gasteiger charge is 2.46. The number of likely N-dealkylation sites (N-methyl/N-ethyl adjacent to an activating group) is 1. The lowest BCUT2D eigenvalue weighted by atomic mass is 10.0. The number of ether oxygens (including phenoxy) is 1. The Kier molecular flexibility index (Phi) is 7.88. The Balaban J connectivity index is 1.35. The molecule has 0 unspecified atom stereocenters. The Labute approximate surface area is 256 Å². The van der Waals surface area contributed by atoms with Crippen molar-refractivity contribution in [3.8, 4) is 6.01 Å². The monoisotopic (exact) mass is 603 g/mol. The maximum absolute atomic E-state index is 13.8. The summed E-state index contributed by atoms with van der Waals surface area (Å²) in [7, 11) is 4.13. The minimum atomic E-state index is -1.01. The Morgan fingerprint density at radius 3 is 2.65 bits per heavy atom. The van der Waals surface area contributed by atoms with Crippen LogP contribution >= 0.6 is 11.6 Å². The average Bonchev–Trinajstić information content (AvgIpc) is 3.80. The van der Waals surface area contributed by atoms with E-state index in [0.29, 0.717) is 43.7 Å². The number of rotatable bonds is 8. The molecule has 0 spiro atoms. The Morgan fingerprint density at radius 1 is 1.19 bits per heavy atom. The van der Waals surface area contributed by atoms with E-state index in [2.05, 4.69) is 58.4 Å². The summed E-state index contributed by atoms with van der Waals surface area (Å²) in [5.41, 5.74) is 2.95. The van der Waals surface area contributed by atoms with Crippen molar-refractivity contribution in [2.75, 3.05) is 63.2 Å². The highest BCUT2D eigenvalue weighted by Crippen LogP contribution is 2.41. The van der Waals surface area contributed by atoms with Gasteiger partial charge in [0.1, 0.15) is 18.5 Å². The van der Waals surface area contributed by atoms with E-state index in [1.165, 1.54) is 4.90 Å². The van der Waals surface area contributed by atoms with Crippen molar-refractivity contribution in [3.63, 3.8) is 0 Å². The van der Waals surface area contributed by atoms with Gasteiger partial charge < -0.3 is 29.2 Å². The number of piperazine rings is 1. The van der Waals surface area contributed by atoms with Crippen molar-refractivity contribution in [1.82, 2.24) is 19.8 Å². The maximum Gasteiger partial charge on any atom is 0.318 e. The number of aromatic nitrogens is 2. The molecule has 2 aromatic carbocycles. The fourth-order valence-electron chi connectivity index (χ4n) is 6.26. The smallest absolute Gasteiger partial charge is 0.318 e. The van der Waals surface area contributed by atoms with E-state index in [4.69, 9.17) is 32.9 Å². The Bertz CT molecular complexity index is 1610. The molecule has 2 fully saturated rings. The van der Waals surface area contributed by atoms with Gasteiger partial charge in [-0.1, -0.05) is 42.4 Å². The summed E-state index contributed by atoms with van der Waals surface area (Å²) >= 11 is 6.68. The molecule has 43 heavy (non-hydrogen) atoms. The number of carbonyl (C=O) groups excluding carboxylic acids is 1. The van der Waals surface area contributed by atoms with E-state index >= 15 is 0 Å². The van der Waals surface area contributed by atoms with Crippen LogP contribution in [-0.4, -0.2) is 90.7 Å². The zero-order chi connectivity index (χ0) is 30.3. The molecule has 0 radical (unpaired) electrons. The number of fused-ring (bicyclic) bond motifs is 2. The van der Waals surface area contributed by atoms with Crippen LogP contribution in [0.3, 0.4) is 0 Å². The van der Waals surface area contributed by atoms with E-state index < -0.39 is 17.8 Å². The normalized spacial score (nSPS) is 19.3. The number of carbonyl (C=O) groups is 1. The fraction of sp³-hybridized carbons (Fsp3) is 0.438. The van der Waals surface area contributed by atoms with Gasteiger partial charge >= 0.3 is 6.01 Å². The summed E-state index contributed by atoms with van der Waals surface area (Å²) in [4.78, 5) is 33.9. The van der Waals surface area contributed by atoms with Crippen LogP contribution in [0.5, 0.6) is 6.01 Å². The molecule has 0 N–H and O–H groups in total. The zero-order valence-corrected chi connectivity index (χ0v) is 25.3. The van der Waals surface area contributed by atoms with Crippen LogP contribution in [0.2, 0.25) is 5.02 Å². The summed E-state index contributed by atoms with van der Waals surface area (Å²) in [5, 5.41) is 2.80. The first-order valence-electron chi connectivity index (χ1n) is 14.6. The predicted octanol–water partition coefficient (Wildman–Crippen LogP) is 4.74. The van der Waals surface area contributed by atoms with Crippen LogP contribution in [0, 0.1) is 6.57 Å². The van der Waals surface area contributed by atoms with E-state index in [-0.39, 0.29) is 18.6 Å². The van der Waals surface area contributed by atoms with Crippen molar-refractivity contribution < 1.29 is 13.9 Å². The largest absolute Gasteiger partial charge is 0.461 e. The van der Waals surface area contributed by atoms with Crippen LogP contribution < -0.4 is 14.5 Å². The fourth-order valence-corrected chi connectivity index (χ4v) is 6.53. The minimum Gasteiger partial charge on any atom is -0.461 e. The molecular weight excluding hydrogens is 569 g/mol. The lowest BCUT2D eigenvalue weighted by molar-refractivity contribution is -0.131. The van der Waals surface area contributed by atoms with Crippen LogP contribution in [-0.2, 0) is 17.8 Å². The number of hydrogen-bond donors (Lipinski definition) is 0. The summed E-state index contributed by atoms with van der Waals surface area (Å²) in [6.45, 7) is 13.5. The molecule has 9 nitrogen and oxygen atoms in total. The van der Waals surface area contributed by atoms with Gasteiger partial charge in [0.15, 0.2) is 5.83 Å². The molecule has 3 aromatic rings. The topological polar surface area (TPSA) is 69.4 Å². The summed E-state index contributed by atoms with van der Waals surface area (Å²) in [5.74, 6) is -1.02. The molecule has 224 valence electrons. The Hall–Kier alpha value is -3.94. The van der Waals surface area contributed by atoms with Crippen LogP contribution in [0.1, 0.15) is 24.1 Å². The molecule has 1 saturated heterocycles. The lowest BCUT2D eigenvalue weighted by Gasteiger charge is -2.41. The molecule has 3 heterocycles. The van der Waals surface area contributed by atoms with Crippen LogP contribution in [0.15, 0.2) is 48.8 Å². The molecule has 6 rings (SSSR count). The van der Waals surface area contributed by atoms with Gasteiger partial charge in [-0.25, -0.2) is 11.0 Å². The first-order chi connectivity index (χ1) is 20.7. The SMILES string of the molecule is [C-]#[N+]C[C@H]1CN(c2nc(OCC3(N(C)C)CC3)nc3c2CCN(c2cccc4cccc(Cl)c24)C3)CCN1C(=O)C(=C)F. The molecular formula is C32H35ClFN7O2. The minimum absolute atomic E-state index is 0.00730. The van der Waals surface area contributed by atoms with Gasteiger partial charge in [-0.3, -0.25) is 4.79 Å². The average molecular weight is 604 g/mol. The van der Waals surface area contributed by atoms with Crippen molar-refractivity contribution >= 4 is 39.8 Å². The van der Waals surface area contributed by atoms with E-state index in [1.807, 2.05) is 18.2 Å². The second-order valence-corrected chi connectivity index (χ2v) is 12.2. The number of anilines is 2. The summed E-state index contributed by atoms with van der Waals surface area (Å²) in [6, 6.07) is 12.0. The molecule has 1 saturated carbocycles. The van der Waals surface area contributed by atoms with Gasteiger partial charge in [0, 0.05) is 42.8 Å². The predicted molar refractivity (Wildman–Crippen MR) is 166 cm³/mol. The summed E-state index contributed by atoms with van der Waals surface area (Å²) < 4.78 is 20.1. The highest BCUT2D eigenvalue weighted by molar-refractivity contribution is 6.36. The van der Waals surface area contributed by atoms with Crippen molar-refractivity contribution in [2.24, 2.45) is 0 Å². The summed E-state index contributed by atoms with van der Waals surface area (Å²) in [6.07, 6.45) is 2.81. The number of nitrogens with zero attached hydrogens (tertiary/aromatic N) is 7. The molecule has 11 heteroatoms. The second-order valence-electron chi connectivity index (χ2n) is 11.8. The second kappa shape index (κ2) is 11.6. The molecule has 1 aromatic heterocycles. The zero-order valence-electron chi connectivity index (χ0n) is 24.5. The third-order valence-corrected chi connectivity index (χ3v) is 9.33. The third kappa shape index (κ3) is 5.59. The van der Waals surface area contributed by atoms with Crippen molar-refractivity contribution in [1.29, 1.82) is 0 Å². The van der Waals surface area contributed by atoms with E-state index in [9.17, 15) is 9.18 Å². The third-order valence-electron chi connectivity index (χ3n) is 9.02. The standard InChI is InChI=1S/C32H35ClFN7O2/c1-21(34)30(42)41-16-15-40(18-23(41)17-35-2)29-24-11-14-39(27-10-6-8-22-7-5-9-25(33)28(22)27)19-26(24)36-31(37-29)43-20-32(12-13-32)38(3)4/h5-10,23H,1,11-20H2,3-4H3/t23-/m0/s1. The Morgan fingerprint density at radius 2 is 1.95 bits per heavy atom. The molecule has 2 aliphatic heterocycles. The first-order valence-corrected chi connectivity index (χ1v) is 14.9. The van der Waals surface area contributed by atoms with Gasteiger partial charge in [0.25, 0.3) is 5.91 Å². The van der Waals surface area contributed by atoms with Gasteiger partial charge in [0.05, 0.1) is 22.8 Å².